The van der Waals surface area contributed by atoms with Gasteiger partial charge in [0.2, 0.25) is 0 Å². The van der Waals surface area contributed by atoms with Crippen molar-refractivity contribution in [1.29, 1.82) is 0 Å². The van der Waals surface area contributed by atoms with Gasteiger partial charge in [0.1, 0.15) is 0 Å². The van der Waals surface area contributed by atoms with Crippen molar-refractivity contribution < 1.29 is 4.74 Å². The number of nitrogens with one attached hydrogen (secondary N) is 1. The van der Waals surface area contributed by atoms with Crippen LogP contribution in [0.25, 0.3) is 0 Å². The molecule has 0 spiro atoms. The summed E-state index contributed by atoms with van der Waals surface area (Å²) in [6.45, 7) is 5.97. The zero-order chi connectivity index (χ0) is 10.5. The minimum atomic E-state index is 0.370. The molecule has 4 nitrogen and oxygen atoms in total. The minimum absolute atomic E-state index is 0.370. The molecule has 1 aromatic rings. The normalized spacial score (nSPS) is 26.7. The molecule has 2 heterocycles. The van der Waals surface area contributed by atoms with Crippen LogP contribution in [0.2, 0.25) is 0 Å². The SMILES string of the molecule is CC1CCNCC1OCCn1cccn1. The Morgan fingerprint density at radius 2 is 2.53 bits per heavy atom. The van der Waals surface area contributed by atoms with Crippen molar-refractivity contribution in [2.75, 3.05) is 19.7 Å². The summed E-state index contributed by atoms with van der Waals surface area (Å²) >= 11 is 0. The van der Waals surface area contributed by atoms with Crippen LogP contribution in [0.15, 0.2) is 18.5 Å². The Labute approximate surface area is 90.6 Å². The fourth-order valence-electron chi connectivity index (χ4n) is 1.91. The first-order valence-corrected chi connectivity index (χ1v) is 5.66. The number of rotatable bonds is 4. The molecule has 1 aromatic heterocycles. The van der Waals surface area contributed by atoms with Crippen molar-refractivity contribution in [2.24, 2.45) is 5.92 Å². The van der Waals surface area contributed by atoms with Crippen LogP contribution in [0.5, 0.6) is 0 Å². The number of hydrogen-bond acceptors (Lipinski definition) is 3. The van der Waals surface area contributed by atoms with E-state index in [9.17, 15) is 0 Å². The van der Waals surface area contributed by atoms with Crippen molar-refractivity contribution in [3.05, 3.63) is 18.5 Å². The van der Waals surface area contributed by atoms with E-state index in [0.717, 1.165) is 26.2 Å². The lowest BCUT2D eigenvalue weighted by molar-refractivity contribution is -0.000521. The molecular formula is C11H19N3O. The van der Waals surface area contributed by atoms with E-state index in [1.807, 2.05) is 16.9 Å². The van der Waals surface area contributed by atoms with Crippen LogP contribution in [0.1, 0.15) is 13.3 Å². The van der Waals surface area contributed by atoms with E-state index in [1.54, 1.807) is 6.20 Å². The van der Waals surface area contributed by atoms with Gasteiger partial charge in [-0.15, -0.1) is 0 Å². The van der Waals surface area contributed by atoms with E-state index in [4.69, 9.17) is 4.74 Å². The molecule has 0 saturated carbocycles. The molecule has 2 atom stereocenters. The van der Waals surface area contributed by atoms with Crippen molar-refractivity contribution in [3.8, 4) is 0 Å². The number of hydrogen-bond donors (Lipinski definition) is 1. The Morgan fingerprint density at radius 3 is 3.27 bits per heavy atom. The summed E-state index contributed by atoms with van der Waals surface area (Å²) in [5.41, 5.74) is 0. The summed E-state index contributed by atoms with van der Waals surface area (Å²) in [4.78, 5) is 0. The van der Waals surface area contributed by atoms with E-state index in [1.165, 1.54) is 6.42 Å². The lowest BCUT2D eigenvalue weighted by atomic mass is 9.97. The maximum absolute atomic E-state index is 5.85. The van der Waals surface area contributed by atoms with Crippen LogP contribution >= 0.6 is 0 Å². The highest BCUT2D eigenvalue weighted by Gasteiger charge is 2.21. The molecule has 0 radical (unpaired) electrons. The molecule has 1 fully saturated rings. The first-order valence-electron chi connectivity index (χ1n) is 5.66. The quantitative estimate of drug-likeness (QED) is 0.800. The van der Waals surface area contributed by atoms with Crippen molar-refractivity contribution in [2.45, 2.75) is 26.0 Å². The van der Waals surface area contributed by atoms with E-state index >= 15 is 0 Å². The van der Waals surface area contributed by atoms with E-state index in [0.29, 0.717) is 12.0 Å². The maximum atomic E-state index is 5.85. The molecule has 1 saturated heterocycles. The number of nitrogens with zero attached hydrogens (tertiary/aromatic N) is 2. The highest BCUT2D eigenvalue weighted by molar-refractivity contribution is 4.78. The second-order valence-electron chi connectivity index (χ2n) is 4.15. The third-order valence-electron chi connectivity index (χ3n) is 2.97. The van der Waals surface area contributed by atoms with Gasteiger partial charge >= 0.3 is 0 Å². The summed E-state index contributed by atoms with van der Waals surface area (Å²) in [5.74, 6) is 0.670. The van der Waals surface area contributed by atoms with Crippen LogP contribution < -0.4 is 5.32 Å². The zero-order valence-corrected chi connectivity index (χ0v) is 9.22. The summed E-state index contributed by atoms with van der Waals surface area (Å²) in [7, 11) is 0. The van der Waals surface area contributed by atoms with E-state index in [-0.39, 0.29) is 0 Å². The first-order chi connectivity index (χ1) is 7.36. The Hall–Kier alpha value is -0.870. The summed E-state index contributed by atoms with van der Waals surface area (Å²) in [6, 6.07) is 1.94. The Morgan fingerprint density at radius 1 is 1.60 bits per heavy atom. The van der Waals surface area contributed by atoms with Crippen molar-refractivity contribution >= 4 is 0 Å². The Kier molecular flexibility index (Phi) is 3.75. The molecule has 0 aromatic carbocycles. The summed E-state index contributed by atoms with van der Waals surface area (Å²) in [6.07, 6.45) is 5.35. The highest BCUT2D eigenvalue weighted by atomic mass is 16.5. The van der Waals surface area contributed by atoms with E-state index in [2.05, 4.69) is 17.3 Å². The molecular weight excluding hydrogens is 190 g/mol. The van der Waals surface area contributed by atoms with Gasteiger partial charge in [-0.1, -0.05) is 6.92 Å². The fourth-order valence-corrected chi connectivity index (χ4v) is 1.91. The highest BCUT2D eigenvalue weighted by Crippen LogP contribution is 2.14. The van der Waals surface area contributed by atoms with Gasteiger partial charge in [0, 0.05) is 18.9 Å². The molecule has 4 heteroatoms. The van der Waals surface area contributed by atoms with Gasteiger partial charge in [0.05, 0.1) is 19.3 Å². The zero-order valence-electron chi connectivity index (χ0n) is 9.22. The maximum Gasteiger partial charge on any atom is 0.0726 e. The van der Waals surface area contributed by atoms with Gasteiger partial charge in [-0.25, -0.2) is 0 Å². The molecule has 1 aliphatic rings. The number of aromatic nitrogens is 2. The van der Waals surface area contributed by atoms with Gasteiger partial charge in [-0.3, -0.25) is 4.68 Å². The van der Waals surface area contributed by atoms with Crippen LogP contribution in [0.4, 0.5) is 0 Å². The summed E-state index contributed by atoms with van der Waals surface area (Å²) < 4.78 is 7.75. The lowest BCUT2D eigenvalue weighted by Gasteiger charge is -2.29. The third kappa shape index (κ3) is 3.04. The molecule has 0 bridgehead atoms. The van der Waals surface area contributed by atoms with Crippen molar-refractivity contribution in [1.82, 2.24) is 15.1 Å². The first kappa shape index (κ1) is 10.6. The standard InChI is InChI=1S/C11H19N3O/c1-10-3-5-12-9-11(10)15-8-7-14-6-2-4-13-14/h2,4,6,10-12H,3,5,7-9H2,1H3. The molecule has 15 heavy (non-hydrogen) atoms. The van der Waals surface area contributed by atoms with Crippen molar-refractivity contribution in [3.63, 3.8) is 0 Å². The average molecular weight is 209 g/mol. The topological polar surface area (TPSA) is 39.1 Å². The molecule has 2 unspecified atom stereocenters. The van der Waals surface area contributed by atoms with Crippen LogP contribution in [-0.2, 0) is 11.3 Å². The van der Waals surface area contributed by atoms with Crippen LogP contribution in [0, 0.1) is 5.92 Å². The molecule has 1 aliphatic heterocycles. The molecule has 0 amide bonds. The van der Waals surface area contributed by atoms with Gasteiger partial charge in [0.25, 0.3) is 0 Å². The van der Waals surface area contributed by atoms with E-state index < -0.39 is 0 Å². The molecule has 1 N–H and O–H groups in total. The second kappa shape index (κ2) is 5.28. The average Bonchev–Trinajstić information content (AvgIpc) is 2.74. The van der Waals surface area contributed by atoms with Gasteiger partial charge in [0.15, 0.2) is 0 Å². The minimum Gasteiger partial charge on any atom is -0.375 e. The largest absolute Gasteiger partial charge is 0.375 e. The fraction of sp³-hybridized carbons (Fsp3) is 0.727. The monoisotopic (exact) mass is 209 g/mol. The Bertz CT molecular complexity index is 273. The number of piperidine rings is 1. The number of ether oxygens (including phenoxy) is 1. The smallest absolute Gasteiger partial charge is 0.0726 e. The predicted octanol–water partition coefficient (Wildman–Crippen LogP) is 0.898. The molecule has 2 rings (SSSR count). The Balaban J connectivity index is 1.68. The van der Waals surface area contributed by atoms with Gasteiger partial charge in [-0.2, -0.15) is 5.10 Å². The van der Waals surface area contributed by atoms with Gasteiger partial charge in [-0.05, 0) is 24.9 Å². The third-order valence-corrected chi connectivity index (χ3v) is 2.97. The van der Waals surface area contributed by atoms with Crippen LogP contribution in [0.3, 0.4) is 0 Å². The second-order valence-corrected chi connectivity index (χ2v) is 4.15. The molecule has 0 aliphatic carbocycles. The summed E-state index contributed by atoms with van der Waals surface area (Å²) in [5, 5.41) is 7.50. The predicted molar refractivity (Wildman–Crippen MR) is 58.6 cm³/mol. The lowest BCUT2D eigenvalue weighted by Crippen LogP contribution is -2.41. The van der Waals surface area contributed by atoms with Gasteiger partial charge < -0.3 is 10.1 Å². The van der Waals surface area contributed by atoms with Crippen LogP contribution in [-0.4, -0.2) is 35.6 Å². The molecule has 84 valence electrons.